The number of nitrogens with one attached hydrogen (secondary N) is 1. The highest BCUT2D eigenvalue weighted by Gasteiger charge is 2.33. The van der Waals surface area contributed by atoms with Gasteiger partial charge in [-0.15, -0.1) is 0 Å². The molecular formula is C24H31N5O5. The zero-order chi connectivity index (χ0) is 23.8. The van der Waals surface area contributed by atoms with Gasteiger partial charge < -0.3 is 9.64 Å². The third-order valence-corrected chi connectivity index (χ3v) is 7.39. The number of piperidine rings is 2. The van der Waals surface area contributed by atoms with Gasteiger partial charge in [0.25, 0.3) is 0 Å². The van der Waals surface area contributed by atoms with Crippen LogP contribution in [0.15, 0.2) is 23.0 Å². The Balaban J connectivity index is 1.23. The van der Waals surface area contributed by atoms with Gasteiger partial charge in [0.1, 0.15) is 6.04 Å². The number of aromatic nitrogens is 2. The van der Waals surface area contributed by atoms with Crippen LogP contribution in [0, 0.1) is 5.92 Å². The molecule has 3 saturated heterocycles. The third-order valence-electron chi connectivity index (χ3n) is 7.39. The topological polar surface area (TPSA) is 106 Å². The molecule has 0 saturated carbocycles. The molecule has 4 heterocycles. The van der Waals surface area contributed by atoms with Crippen molar-refractivity contribution < 1.29 is 19.1 Å². The summed E-state index contributed by atoms with van der Waals surface area (Å²) in [7, 11) is 1.73. The highest BCUT2D eigenvalue weighted by molar-refractivity contribution is 6.00. The van der Waals surface area contributed by atoms with Crippen LogP contribution < -0.4 is 11.0 Å². The average Bonchev–Trinajstić information content (AvgIpc) is 3.06. The van der Waals surface area contributed by atoms with E-state index in [9.17, 15) is 19.2 Å². The second kappa shape index (κ2) is 9.34. The van der Waals surface area contributed by atoms with E-state index in [1.165, 1.54) is 4.57 Å². The Kier molecular flexibility index (Phi) is 6.26. The van der Waals surface area contributed by atoms with Gasteiger partial charge in [-0.2, -0.15) is 0 Å². The predicted molar refractivity (Wildman–Crippen MR) is 124 cm³/mol. The number of amides is 3. The molecule has 5 rings (SSSR count). The van der Waals surface area contributed by atoms with Gasteiger partial charge in [0.2, 0.25) is 18.2 Å². The van der Waals surface area contributed by atoms with Crippen LogP contribution >= 0.6 is 0 Å². The van der Waals surface area contributed by atoms with E-state index in [1.807, 2.05) is 23.1 Å². The normalized spacial score (nSPS) is 22.7. The first-order valence-electron chi connectivity index (χ1n) is 12.0. The lowest BCUT2D eigenvalue weighted by molar-refractivity contribution is -0.135. The van der Waals surface area contributed by atoms with Crippen molar-refractivity contribution in [1.29, 1.82) is 0 Å². The fourth-order valence-corrected chi connectivity index (χ4v) is 5.37. The molecule has 0 bridgehead atoms. The number of imidazole rings is 1. The maximum Gasteiger partial charge on any atom is 0.329 e. The molecular weight excluding hydrogens is 438 g/mol. The van der Waals surface area contributed by atoms with Gasteiger partial charge >= 0.3 is 5.69 Å². The molecule has 3 aliphatic rings. The summed E-state index contributed by atoms with van der Waals surface area (Å²) < 4.78 is 9.24. The fraction of sp³-hybridized carbons (Fsp3) is 0.583. The molecule has 10 nitrogen and oxygen atoms in total. The Hall–Kier alpha value is -2.98. The summed E-state index contributed by atoms with van der Waals surface area (Å²) in [6.45, 7) is 4.74. The summed E-state index contributed by atoms with van der Waals surface area (Å²) >= 11 is 0. The number of ether oxygens (including phenoxy) is 1. The molecule has 0 aliphatic carbocycles. The van der Waals surface area contributed by atoms with Gasteiger partial charge in [0.15, 0.2) is 0 Å². The Morgan fingerprint density at radius 1 is 1.12 bits per heavy atom. The van der Waals surface area contributed by atoms with E-state index in [0.717, 1.165) is 68.6 Å². The molecule has 1 aromatic heterocycles. The van der Waals surface area contributed by atoms with Crippen LogP contribution in [0.25, 0.3) is 11.0 Å². The summed E-state index contributed by atoms with van der Waals surface area (Å²) in [6, 6.07) is 5.12. The number of aryl methyl sites for hydroxylation is 1. The number of hydrogen-bond donors (Lipinski definition) is 1. The summed E-state index contributed by atoms with van der Waals surface area (Å²) in [5.41, 5.74) is 2.32. The van der Waals surface area contributed by atoms with Crippen LogP contribution in [0.4, 0.5) is 0 Å². The number of nitrogens with zero attached hydrogens (tertiary/aromatic N) is 4. The lowest BCUT2D eigenvalue weighted by Crippen LogP contribution is -2.52. The van der Waals surface area contributed by atoms with Crippen molar-refractivity contribution in [1.82, 2.24) is 24.3 Å². The number of rotatable bonds is 7. The number of carbonyl (C=O) groups excluding carboxylic acids is 3. The minimum Gasteiger partial charge on any atom is -0.375 e. The largest absolute Gasteiger partial charge is 0.375 e. The first-order valence-corrected chi connectivity index (χ1v) is 12.0. The van der Waals surface area contributed by atoms with E-state index in [-0.39, 0.29) is 24.1 Å². The van der Waals surface area contributed by atoms with Crippen molar-refractivity contribution in [2.75, 3.05) is 32.8 Å². The number of likely N-dealkylation sites (tertiary alicyclic amines) is 2. The molecule has 0 radical (unpaired) electrons. The molecule has 2 aromatic rings. The van der Waals surface area contributed by atoms with Crippen molar-refractivity contribution in [3.63, 3.8) is 0 Å². The van der Waals surface area contributed by atoms with Gasteiger partial charge in [-0.1, -0.05) is 12.1 Å². The second-order valence-electron chi connectivity index (χ2n) is 9.70. The molecule has 1 N–H and O–H groups in total. The van der Waals surface area contributed by atoms with Gasteiger partial charge in [-0.25, -0.2) is 4.79 Å². The Bertz CT molecular complexity index is 1160. The monoisotopic (exact) mass is 469 g/mol. The van der Waals surface area contributed by atoms with E-state index in [0.29, 0.717) is 18.9 Å². The zero-order valence-corrected chi connectivity index (χ0v) is 19.4. The maximum absolute atomic E-state index is 13.1. The Morgan fingerprint density at radius 3 is 2.59 bits per heavy atom. The van der Waals surface area contributed by atoms with Gasteiger partial charge in [0, 0.05) is 46.2 Å². The lowest BCUT2D eigenvalue weighted by Gasteiger charge is -2.40. The quantitative estimate of drug-likeness (QED) is 0.465. The van der Waals surface area contributed by atoms with Crippen molar-refractivity contribution >= 4 is 29.3 Å². The number of fused-ring (bicyclic) bond motifs is 1. The summed E-state index contributed by atoms with van der Waals surface area (Å²) in [6.07, 6.45) is 3.68. The van der Waals surface area contributed by atoms with Gasteiger partial charge in [-0.05, 0) is 36.8 Å². The molecule has 10 heteroatoms. The van der Waals surface area contributed by atoms with E-state index >= 15 is 0 Å². The number of imide groups is 1. The fourth-order valence-electron chi connectivity index (χ4n) is 5.37. The van der Waals surface area contributed by atoms with Crippen LogP contribution in [-0.4, -0.2) is 76.0 Å². The second-order valence-corrected chi connectivity index (χ2v) is 9.70. The molecule has 34 heavy (non-hydrogen) atoms. The average molecular weight is 470 g/mol. The van der Waals surface area contributed by atoms with E-state index in [1.54, 1.807) is 11.6 Å². The third kappa shape index (κ3) is 4.27. The van der Waals surface area contributed by atoms with Crippen LogP contribution in [0.3, 0.4) is 0 Å². The lowest BCUT2D eigenvalue weighted by atomic mass is 9.98. The standard InChI is InChI=1S/C24H31N5O5/c1-26-22-17(11-28-12-18(13-28)34-14-16-7-9-27(15-30)10-8-16)3-2-4-19(22)29(24(26)33)20-5-6-21(31)25-23(20)32/h2-4,15-16,18,20H,5-14H2,1H3,(H,25,31,32). The van der Waals surface area contributed by atoms with Crippen LogP contribution in [-0.2, 0) is 32.7 Å². The van der Waals surface area contributed by atoms with Crippen LogP contribution in [0.2, 0.25) is 0 Å². The summed E-state index contributed by atoms with van der Waals surface area (Å²) in [5, 5.41) is 2.35. The maximum atomic E-state index is 13.1. The van der Waals surface area contributed by atoms with Crippen molar-refractivity contribution in [3.05, 3.63) is 34.2 Å². The molecule has 0 spiro atoms. The van der Waals surface area contributed by atoms with Gasteiger partial charge in [-0.3, -0.25) is 33.7 Å². The molecule has 1 aromatic carbocycles. The number of hydrogen-bond acceptors (Lipinski definition) is 6. The number of benzene rings is 1. The van der Waals surface area contributed by atoms with Crippen molar-refractivity contribution in [2.24, 2.45) is 13.0 Å². The number of carbonyl (C=O) groups is 3. The molecule has 1 unspecified atom stereocenters. The molecule has 1 atom stereocenters. The molecule has 3 aliphatic heterocycles. The van der Waals surface area contributed by atoms with E-state index < -0.39 is 11.9 Å². The number of para-hydroxylation sites is 1. The summed E-state index contributed by atoms with van der Waals surface area (Å²) in [4.78, 5) is 52.0. The minimum absolute atomic E-state index is 0.209. The first kappa shape index (κ1) is 22.8. The van der Waals surface area contributed by atoms with E-state index in [2.05, 4.69) is 10.2 Å². The molecule has 3 fully saturated rings. The molecule has 3 amide bonds. The van der Waals surface area contributed by atoms with Crippen molar-refractivity contribution in [3.8, 4) is 0 Å². The Labute approximate surface area is 197 Å². The van der Waals surface area contributed by atoms with E-state index in [4.69, 9.17) is 4.74 Å². The van der Waals surface area contributed by atoms with Crippen LogP contribution in [0.1, 0.15) is 37.3 Å². The van der Waals surface area contributed by atoms with Crippen LogP contribution in [0.5, 0.6) is 0 Å². The SMILES string of the molecule is Cn1c(=O)n(C2CCC(=O)NC2=O)c2cccc(CN3CC(OCC4CCN(C=O)CC4)C3)c21. The Morgan fingerprint density at radius 2 is 1.88 bits per heavy atom. The molecule has 182 valence electrons. The predicted octanol–water partition coefficient (Wildman–Crippen LogP) is 0.387. The van der Waals surface area contributed by atoms with Crippen molar-refractivity contribution in [2.45, 2.75) is 44.4 Å². The smallest absolute Gasteiger partial charge is 0.329 e. The van der Waals surface area contributed by atoms with Gasteiger partial charge in [0.05, 0.1) is 23.7 Å². The highest BCUT2D eigenvalue weighted by Crippen LogP contribution is 2.27. The highest BCUT2D eigenvalue weighted by atomic mass is 16.5. The minimum atomic E-state index is -0.677. The summed E-state index contributed by atoms with van der Waals surface area (Å²) in [5.74, 6) is -0.201. The zero-order valence-electron chi connectivity index (χ0n) is 19.4. The first-order chi connectivity index (χ1) is 16.4.